The van der Waals surface area contributed by atoms with Crippen LogP contribution in [0.1, 0.15) is 12.5 Å². The van der Waals surface area contributed by atoms with E-state index >= 15 is 0 Å². The van der Waals surface area contributed by atoms with Crippen LogP contribution in [0.15, 0.2) is 18.2 Å². The predicted octanol–water partition coefficient (Wildman–Crippen LogP) is 0.910. The Labute approximate surface area is 117 Å². The third-order valence-electron chi connectivity index (χ3n) is 3.55. The van der Waals surface area contributed by atoms with Crippen molar-refractivity contribution in [2.75, 3.05) is 26.8 Å². The molecule has 1 atom stereocenters. The molecule has 110 valence electrons. The summed E-state index contributed by atoms with van der Waals surface area (Å²) < 4.78 is 24.5. The van der Waals surface area contributed by atoms with E-state index < -0.39 is 11.5 Å². The number of morpholine rings is 1. The van der Waals surface area contributed by atoms with Gasteiger partial charge >= 0.3 is 0 Å². The maximum atomic E-state index is 13.9. The second kappa shape index (κ2) is 5.76. The number of carbonyl (C=O) groups excluding carboxylic acids is 1. The van der Waals surface area contributed by atoms with Gasteiger partial charge in [-0.2, -0.15) is 0 Å². The molecular formula is C14H19FN2O3. The summed E-state index contributed by atoms with van der Waals surface area (Å²) in [7, 11) is 1.51. The molecule has 5 nitrogen and oxygen atoms in total. The van der Waals surface area contributed by atoms with Crippen molar-refractivity contribution in [2.24, 2.45) is 5.73 Å². The molecule has 1 saturated heterocycles. The van der Waals surface area contributed by atoms with E-state index in [1.807, 2.05) is 4.90 Å². The molecule has 0 aromatic heterocycles. The molecule has 1 aliphatic heterocycles. The number of methoxy groups -OCH3 is 1. The summed E-state index contributed by atoms with van der Waals surface area (Å²) in [6, 6.07) is 4.71. The Balaban J connectivity index is 2.16. The van der Waals surface area contributed by atoms with E-state index in [4.69, 9.17) is 15.2 Å². The first-order valence-corrected chi connectivity index (χ1v) is 6.44. The monoisotopic (exact) mass is 282 g/mol. The van der Waals surface area contributed by atoms with Crippen LogP contribution in [0, 0.1) is 5.82 Å². The van der Waals surface area contributed by atoms with Crippen molar-refractivity contribution in [3.63, 3.8) is 0 Å². The summed E-state index contributed by atoms with van der Waals surface area (Å²) >= 11 is 0. The van der Waals surface area contributed by atoms with E-state index in [1.54, 1.807) is 19.1 Å². The topological polar surface area (TPSA) is 64.8 Å². The molecule has 1 aromatic carbocycles. The van der Waals surface area contributed by atoms with E-state index in [0.717, 1.165) is 0 Å². The highest BCUT2D eigenvalue weighted by Gasteiger charge is 2.37. The fourth-order valence-corrected chi connectivity index (χ4v) is 2.34. The van der Waals surface area contributed by atoms with Crippen molar-refractivity contribution in [3.8, 4) is 5.75 Å². The summed E-state index contributed by atoms with van der Waals surface area (Å²) in [4.78, 5) is 13.4. The minimum Gasteiger partial charge on any atom is -0.496 e. The van der Waals surface area contributed by atoms with Gasteiger partial charge < -0.3 is 15.2 Å². The number of primary amides is 1. The molecular weight excluding hydrogens is 263 g/mol. The van der Waals surface area contributed by atoms with Crippen molar-refractivity contribution in [3.05, 3.63) is 29.6 Å². The minimum atomic E-state index is -1.03. The molecule has 0 radical (unpaired) electrons. The lowest BCUT2D eigenvalue weighted by Gasteiger charge is -2.38. The van der Waals surface area contributed by atoms with Gasteiger partial charge in [0.2, 0.25) is 0 Å². The quantitative estimate of drug-likeness (QED) is 0.891. The van der Waals surface area contributed by atoms with Gasteiger partial charge in [-0.05, 0) is 19.1 Å². The molecule has 20 heavy (non-hydrogen) atoms. The highest BCUT2D eigenvalue weighted by Crippen LogP contribution is 2.25. The second-order valence-corrected chi connectivity index (χ2v) is 5.07. The van der Waals surface area contributed by atoms with Crippen LogP contribution in [0.25, 0.3) is 0 Å². The molecule has 0 unspecified atom stereocenters. The van der Waals surface area contributed by atoms with Gasteiger partial charge in [-0.3, -0.25) is 9.69 Å². The van der Waals surface area contributed by atoms with Crippen LogP contribution in [0.3, 0.4) is 0 Å². The molecule has 0 saturated carbocycles. The van der Waals surface area contributed by atoms with Crippen LogP contribution < -0.4 is 10.5 Å². The van der Waals surface area contributed by atoms with E-state index in [9.17, 15) is 9.18 Å². The van der Waals surface area contributed by atoms with Crippen molar-refractivity contribution in [1.82, 2.24) is 4.90 Å². The van der Waals surface area contributed by atoms with Crippen molar-refractivity contribution in [2.45, 2.75) is 19.1 Å². The first kappa shape index (κ1) is 14.7. The number of carbonyl (C=O) groups is 1. The lowest BCUT2D eigenvalue weighted by Crippen LogP contribution is -2.56. The summed E-state index contributed by atoms with van der Waals surface area (Å²) in [5.41, 5.74) is 4.80. The Kier molecular flexibility index (Phi) is 4.25. The highest BCUT2D eigenvalue weighted by molar-refractivity contribution is 5.83. The average Bonchev–Trinajstić information content (AvgIpc) is 2.41. The predicted molar refractivity (Wildman–Crippen MR) is 71.8 cm³/mol. The molecule has 1 fully saturated rings. The number of amides is 1. The lowest BCUT2D eigenvalue weighted by atomic mass is 10.0. The Morgan fingerprint density at radius 3 is 3.00 bits per heavy atom. The highest BCUT2D eigenvalue weighted by atomic mass is 19.1. The van der Waals surface area contributed by atoms with Crippen LogP contribution in [-0.4, -0.2) is 43.2 Å². The molecule has 1 heterocycles. The van der Waals surface area contributed by atoms with Crippen molar-refractivity contribution >= 4 is 5.91 Å². The number of hydrogen-bond donors (Lipinski definition) is 1. The molecule has 2 rings (SSSR count). The first-order valence-electron chi connectivity index (χ1n) is 6.44. The molecule has 2 N–H and O–H groups in total. The Hall–Kier alpha value is -1.66. The fourth-order valence-electron chi connectivity index (χ4n) is 2.34. The molecule has 6 heteroatoms. The maximum Gasteiger partial charge on any atom is 0.250 e. The lowest BCUT2D eigenvalue weighted by molar-refractivity contribution is -0.153. The molecule has 0 spiro atoms. The van der Waals surface area contributed by atoms with Crippen molar-refractivity contribution in [1.29, 1.82) is 0 Å². The Bertz CT molecular complexity index is 509. The van der Waals surface area contributed by atoms with Gasteiger partial charge in [0.1, 0.15) is 11.6 Å². The summed E-state index contributed by atoms with van der Waals surface area (Å²) in [6.45, 7) is 3.33. The van der Waals surface area contributed by atoms with Crippen LogP contribution in [0.4, 0.5) is 4.39 Å². The normalized spacial score (nSPS) is 23.6. The zero-order valence-electron chi connectivity index (χ0n) is 11.7. The largest absolute Gasteiger partial charge is 0.496 e. The molecule has 0 aliphatic carbocycles. The first-order chi connectivity index (χ1) is 9.46. The Morgan fingerprint density at radius 1 is 1.60 bits per heavy atom. The average molecular weight is 282 g/mol. The number of hydrogen-bond acceptors (Lipinski definition) is 4. The van der Waals surface area contributed by atoms with Crippen LogP contribution in [0.2, 0.25) is 0 Å². The van der Waals surface area contributed by atoms with E-state index in [-0.39, 0.29) is 5.82 Å². The third kappa shape index (κ3) is 2.91. The number of benzene rings is 1. The molecule has 1 aromatic rings. The summed E-state index contributed by atoms with van der Waals surface area (Å²) in [6.07, 6.45) is 0. The van der Waals surface area contributed by atoms with E-state index in [0.29, 0.717) is 37.6 Å². The number of ether oxygens (including phenoxy) is 2. The van der Waals surface area contributed by atoms with Crippen LogP contribution in [0.5, 0.6) is 5.75 Å². The number of nitrogens with zero attached hydrogens (tertiary/aromatic N) is 1. The van der Waals surface area contributed by atoms with Gasteiger partial charge in [0.05, 0.1) is 13.7 Å². The molecule has 1 amide bonds. The van der Waals surface area contributed by atoms with Gasteiger partial charge in [-0.1, -0.05) is 6.07 Å². The summed E-state index contributed by atoms with van der Waals surface area (Å²) in [5.74, 6) is -0.336. The number of rotatable bonds is 4. The molecule has 0 bridgehead atoms. The summed E-state index contributed by atoms with van der Waals surface area (Å²) in [5, 5.41) is 0. The van der Waals surface area contributed by atoms with Gasteiger partial charge in [0.25, 0.3) is 5.91 Å². The minimum absolute atomic E-state index is 0.323. The zero-order valence-corrected chi connectivity index (χ0v) is 11.7. The number of halogens is 1. The zero-order chi connectivity index (χ0) is 14.8. The second-order valence-electron chi connectivity index (χ2n) is 5.07. The molecule has 1 aliphatic rings. The van der Waals surface area contributed by atoms with Crippen LogP contribution in [-0.2, 0) is 16.1 Å². The smallest absolute Gasteiger partial charge is 0.250 e. The van der Waals surface area contributed by atoms with Gasteiger partial charge in [-0.25, -0.2) is 4.39 Å². The van der Waals surface area contributed by atoms with Crippen LogP contribution >= 0.6 is 0 Å². The Morgan fingerprint density at radius 2 is 2.35 bits per heavy atom. The van der Waals surface area contributed by atoms with Gasteiger partial charge in [-0.15, -0.1) is 0 Å². The van der Waals surface area contributed by atoms with E-state index in [2.05, 4.69) is 0 Å². The third-order valence-corrected chi connectivity index (χ3v) is 3.55. The van der Waals surface area contributed by atoms with Crippen molar-refractivity contribution < 1.29 is 18.7 Å². The SMILES string of the molecule is COc1cccc(F)c1CN1CCO[C@@](C)(C(N)=O)C1. The van der Waals surface area contributed by atoms with Gasteiger partial charge in [0.15, 0.2) is 5.60 Å². The standard InChI is InChI=1S/C14H19FN2O3/c1-14(13(16)18)9-17(6-7-20-14)8-10-11(15)4-3-5-12(10)19-2/h3-5H,6-9H2,1-2H3,(H2,16,18)/t14-/m1/s1. The fraction of sp³-hybridized carbons (Fsp3) is 0.500. The maximum absolute atomic E-state index is 13.9. The van der Waals surface area contributed by atoms with E-state index in [1.165, 1.54) is 13.2 Å². The van der Waals surface area contributed by atoms with Gasteiger partial charge in [0, 0.05) is 25.2 Å². The number of nitrogens with two attached hydrogens (primary N) is 1.